The van der Waals surface area contributed by atoms with Gasteiger partial charge in [0, 0.05) is 23.7 Å². The number of hydrogen-bond acceptors (Lipinski definition) is 5. The Kier molecular flexibility index (Phi) is 5.17. The molecule has 0 saturated carbocycles. The summed E-state index contributed by atoms with van der Waals surface area (Å²) in [5, 5.41) is 13.7. The van der Waals surface area contributed by atoms with Crippen LogP contribution in [0.3, 0.4) is 0 Å². The molecule has 0 saturated heterocycles. The summed E-state index contributed by atoms with van der Waals surface area (Å²) < 4.78 is 40.6. The molecule has 0 unspecified atom stereocenters. The lowest BCUT2D eigenvalue weighted by Crippen LogP contribution is -2.19. The highest BCUT2D eigenvalue weighted by Gasteiger charge is 2.31. The smallest absolute Gasteiger partial charge is 0.322 e. The summed E-state index contributed by atoms with van der Waals surface area (Å²) in [6.07, 6.45) is -1.11. The standard InChI is InChI=1S/C22H17F3N6/c1-13-4-6-16(11-26)30-18(13)10-17(27)21-20(3-2-8-28-21)31-19-7-5-15(22(23,24)25)9-14(19)12-29-31/h2-9,12,17H,10,27H2,1H3/t17-/m0/s1. The summed E-state index contributed by atoms with van der Waals surface area (Å²) in [6, 6.07) is 11.9. The Morgan fingerprint density at radius 1 is 1.19 bits per heavy atom. The van der Waals surface area contributed by atoms with Crippen molar-refractivity contribution in [2.45, 2.75) is 25.6 Å². The number of rotatable bonds is 4. The molecular formula is C22H17F3N6. The Hall–Kier alpha value is -3.77. The summed E-state index contributed by atoms with van der Waals surface area (Å²) in [5.74, 6) is 0. The van der Waals surface area contributed by atoms with Crippen molar-refractivity contribution in [3.63, 3.8) is 0 Å². The minimum atomic E-state index is -4.43. The largest absolute Gasteiger partial charge is 0.416 e. The summed E-state index contributed by atoms with van der Waals surface area (Å²) in [6.45, 7) is 1.88. The van der Waals surface area contributed by atoms with Crippen LogP contribution in [0.2, 0.25) is 0 Å². The molecule has 4 aromatic rings. The maximum absolute atomic E-state index is 13.0. The van der Waals surface area contributed by atoms with Crippen molar-refractivity contribution in [2.24, 2.45) is 5.73 Å². The molecule has 6 nitrogen and oxygen atoms in total. The minimum absolute atomic E-state index is 0.299. The maximum atomic E-state index is 13.0. The van der Waals surface area contributed by atoms with Crippen LogP contribution in [0.4, 0.5) is 13.2 Å². The second-order valence-corrected chi connectivity index (χ2v) is 7.12. The molecule has 9 heteroatoms. The van der Waals surface area contributed by atoms with E-state index in [0.29, 0.717) is 40.1 Å². The van der Waals surface area contributed by atoms with Gasteiger partial charge in [-0.25, -0.2) is 9.67 Å². The third-order valence-corrected chi connectivity index (χ3v) is 5.02. The molecule has 3 aromatic heterocycles. The second-order valence-electron chi connectivity index (χ2n) is 7.12. The molecule has 0 amide bonds. The van der Waals surface area contributed by atoms with Crippen LogP contribution >= 0.6 is 0 Å². The fraction of sp³-hybridized carbons (Fsp3) is 0.182. The number of pyridine rings is 2. The van der Waals surface area contributed by atoms with Crippen LogP contribution in [0.25, 0.3) is 16.6 Å². The van der Waals surface area contributed by atoms with Gasteiger partial charge >= 0.3 is 6.18 Å². The van der Waals surface area contributed by atoms with Crippen LogP contribution in [0, 0.1) is 18.3 Å². The Morgan fingerprint density at radius 2 is 2.00 bits per heavy atom. The van der Waals surface area contributed by atoms with E-state index in [1.807, 2.05) is 19.1 Å². The van der Waals surface area contributed by atoms with Crippen LogP contribution < -0.4 is 5.73 Å². The summed E-state index contributed by atoms with van der Waals surface area (Å²) in [4.78, 5) is 8.74. The van der Waals surface area contributed by atoms with Gasteiger partial charge in [-0.05, 0) is 48.9 Å². The number of aryl methyl sites for hydroxylation is 1. The number of fused-ring (bicyclic) bond motifs is 1. The number of benzene rings is 1. The first-order chi connectivity index (χ1) is 14.8. The number of nitrogens with two attached hydrogens (primary N) is 1. The lowest BCUT2D eigenvalue weighted by atomic mass is 10.0. The van der Waals surface area contributed by atoms with Gasteiger partial charge in [-0.15, -0.1) is 0 Å². The van der Waals surface area contributed by atoms with Crippen LogP contribution in [-0.2, 0) is 12.6 Å². The fourth-order valence-corrected chi connectivity index (χ4v) is 3.42. The average Bonchev–Trinajstić information content (AvgIpc) is 3.18. The topological polar surface area (TPSA) is 93.4 Å². The van der Waals surface area contributed by atoms with Crippen molar-refractivity contribution in [1.29, 1.82) is 5.26 Å². The number of hydrogen-bond donors (Lipinski definition) is 1. The van der Waals surface area contributed by atoms with E-state index in [1.165, 1.54) is 16.9 Å². The molecule has 3 heterocycles. The van der Waals surface area contributed by atoms with Crippen molar-refractivity contribution in [2.75, 3.05) is 0 Å². The van der Waals surface area contributed by atoms with E-state index in [1.54, 1.807) is 24.4 Å². The molecule has 0 radical (unpaired) electrons. The third-order valence-electron chi connectivity index (χ3n) is 5.02. The number of aromatic nitrogens is 4. The lowest BCUT2D eigenvalue weighted by Gasteiger charge is -2.17. The van der Waals surface area contributed by atoms with Crippen LogP contribution in [-0.4, -0.2) is 19.7 Å². The van der Waals surface area contributed by atoms with Crippen molar-refractivity contribution >= 4 is 10.9 Å². The van der Waals surface area contributed by atoms with E-state index in [4.69, 9.17) is 11.0 Å². The highest BCUT2D eigenvalue weighted by molar-refractivity contribution is 5.81. The van der Waals surface area contributed by atoms with Crippen molar-refractivity contribution in [3.8, 4) is 11.8 Å². The van der Waals surface area contributed by atoms with Crippen molar-refractivity contribution in [1.82, 2.24) is 19.7 Å². The number of nitrogens with zero attached hydrogens (tertiary/aromatic N) is 5. The van der Waals surface area contributed by atoms with Crippen molar-refractivity contribution in [3.05, 3.63) is 83.1 Å². The maximum Gasteiger partial charge on any atom is 0.416 e. The van der Waals surface area contributed by atoms with E-state index in [2.05, 4.69) is 15.1 Å². The third kappa shape index (κ3) is 3.98. The van der Waals surface area contributed by atoms with Gasteiger partial charge in [0.2, 0.25) is 0 Å². The van der Waals surface area contributed by atoms with Crippen LogP contribution in [0.5, 0.6) is 0 Å². The van der Waals surface area contributed by atoms with E-state index in [0.717, 1.165) is 17.7 Å². The monoisotopic (exact) mass is 422 g/mol. The van der Waals surface area contributed by atoms with Gasteiger partial charge in [0.05, 0.1) is 34.7 Å². The molecule has 0 fully saturated rings. The SMILES string of the molecule is Cc1ccc(C#N)nc1C[C@H](N)c1ncccc1-n1ncc2cc(C(F)(F)F)ccc21. The first-order valence-corrected chi connectivity index (χ1v) is 9.40. The van der Waals surface area contributed by atoms with Gasteiger partial charge in [-0.2, -0.15) is 23.5 Å². The van der Waals surface area contributed by atoms with Gasteiger partial charge in [-0.1, -0.05) is 6.07 Å². The van der Waals surface area contributed by atoms with E-state index in [9.17, 15) is 13.2 Å². The number of alkyl halides is 3. The van der Waals surface area contributed by atoms with Gasteiger partial charge in [0.1, 0.15) is 11.8 Å². The molecular weight excluding hydrogens is 405 g/mol. The Balaban J connectivity index is 1.73. The molecule has 0 aliphatic rings. The summed E-state index contributed by atoms with van der Waals surface area (Å²) in [7, 11) is 0. The highest BCUT2D eigenvalue weighted by atomic mass is 19.4. The number of nitriles is 1. The summed E-state index contributed by atoms with van der Waals surface area (Å²) >= 11 is 0. The molecule has 1 atom stereocenters. The van der Waals surface area contributed by atoms with Crippen LogP contribution in [0.1, 0.15) is 34.3 Å². The second kappa shape index (κ2) is 7.81. The fourth-order valence-electron chi connectivity index (χ4n) is 3.42. The Morgan fingerprint density at radius 3 is 2.74 bits per heavy atom. The average molecular weight is 422 g/mol. The first kappa shape index (κ1) is 20.5. The normalized spacial score (nSPS) is 12.6. The lowest BCUT2D eigenvalue weighted by molar-refractivity contribution is -0.137. The molecule has 31 heavy (non-hydrogen) atoms. The molecule has 1 aromatic carbocycles. The molecule has 2 N–H and O–H groups in total. The zero-order chi connectivity index (χ0) is 22.2. The van der Waals surface area contributed by atoms with Gasteiger partial charge in [0.15, 0.2) is 0 Å². The van der Waals surface area contributed by atoms with Gasteiger partial charge in [0.25, 0.3) is 0 Å². The molecule has 4 rings (SSSR count). The van der Waals surface area contributed by atoms with E-state index >= 15 is 0 Å². The molecule has 156 valence electrons. The Bertz CT molecular complexity index is 1300. The molecule has 0 bridgehead atoms. The van der Waals surface area contributed by atoms with Gasteiger partial charge in [-0.3, -0.25) is 4.98 Å². The molecule has 0 aliphatic heterocycles. The first-order valence-electron chi connectivity index (χ1n) is 9.40. The number of halogens is 3. The molecule has 0 aliphatic carbocycles. The zero-order valence-corrected chi connectivity index (χ0v) is 16.4. The molecule has 0 spiro atoms. The highest BCUT2D eigenvalue weighted by Crippen LogP contribution is 2.32. The van der Waals surface area contributed by atoms with Crippen LogP contribution in [0.15, 0.2) is 54.9 Å². The summed E-state index contributed by atoms with van der Waals surface area (Å²) in [5.41, 5.74) is 9.19. The predicted molar refractivity (Wildman–Crippen MR) is 108 cm³/mol. The quantitative estimate of drug-likeness (QED) is 0.531. The van der Waals surface area contributed by atoms with Gasteiger partial charge < -0.3 is 5.73 Å². The van der Waals surface area contributed by atoms with E-state index in [-0.39, 0.29) is 0 Å². The zero-order valence-electron chi connectivity index (χ0n) is 16.4. The van der Waals surface area contributed by atoms with E-state index < -0.39 is 17.8 Å². The Labute approximate surface area is 175 Å². The minimum Gasteiger partial charge on any atom is -0.322 e. The van der Waals surface area contributed by atoms with Crippen molar-refractivity contribution < 1.29 is 13.2 Å². The predicted octanol–water partition coefficient (Wildman–Crippen LogP) is 4.26.